The van der Waals surface area contributed by atoms with Crippen LogP contribution in [0.5, 0.6) is 0 Å². The number of aromatic amines is 1. The van der Waals surface area contributed by atoms with Crippen molar-refractivity contribution in [3.8, 4) is 0 Å². The fourth-order valence-corrected chi connectivity index (χ4v) is 1.43. The Labute approximate surface area is 110 Å². The second-order valence-corrected chi connectivity index (χ2v) is 4.47. The van der Waals surface area contributed by atoms with Crippen LogP contribution in [0.25, 0.3) is 0 Å². The second-order valence-electron chi connectivity index (χ2n) is 2.80. The van der Waals surface area contributed by atoms with Crippen molar-refractivity contribution in [1.29, 1.82) is 0 Å². The largest absolute Gasteiger partial charge is 0.383 e. The van der Waals surface area contributed by atoms with Gasteiger partial charge in [-0.25, -0.2) is 0 Å². The predicted octanol–water partition coefficient (Wildman–Crippen LogP) is 2.46. The topological polar surface area (TPSA) is 55.7 Å². The average Bonchev–Trinajstić information content (AvgIpc) is 2.88. The van der Waals surface area contributed by atoms with E-state index in [-0.39, 0.29) is 0 Å². The van der Waals surface area contributed by atoms with E-state index in [0.717, 1.165) is 15.8 Å². The van der Waals surface area contributed by atoms with Crippen molar-refractivity contribution in [3.05, 3.63) is 33.7 Å². The molecule has 0 saturated carbocycles. The zero-order valence-electron chi connectivity index (χ0n) is 8.73. The van der Waals surface area contributed by atoms with Crippen molar-refractivity contribution >= 4 is 31.9 Å². The number of rotatable bonds is 3. The Balaban J connectivity index is 0.000000181. The molecular formula is C9H12Br2N4O. The Hall–Kier alpha value is -0.660. The minimum Gasteiger partial charge on any atom is -0.383 e. The van der Waals surface area contributed by atoms with Gasteiger partial charge >= 0.3 is 0 Å². The molecule has 0 spiro atoms. The van der Waals surface area contributed by atoms with Crippen molar-refractivity contribution in [2.75, 3.05) is 13.7 Å². The molecule has 0 aliphatic carbocycles. The van der Waals surface area contributed by atoms with Gasteiger partial charge in [0.1, 0.15) is 9.21 Å². The van der Waals surface area contributed by atoms with E-state index in [1.54, 1.807) is 13.3 Å². The zero-order chi connectivity index (χ0) is 11.8. The van der Waals surface area contributed by atoms with Gasteiger partial charge in [0.2, 0.25) is 0 Å². The number of halogens is 2. The molecule has 5 nitrogen and oxygen atoms in total. The van der Waals surface area contributed by atoms with Crippen molar-refractivity contribution < 1.29 is 4.74 Å². The first-order valence-electron chi connectivity index (χ1n) is 4.55. The quantitative estimate of drug-likeness (QED) is 0.924. The van der Waals surface area contributed by atoms with Gasteiger partial charge in [-0.2, -0.15) is 10.2 Å². The SMILES string of the molecule is Brc1ccn[nH]1.COCCn1ccc(Br)n1. The maximum absolute atomic E-state index is 4.88. The molecule has 0 aliphatic rings. The summed E-state index contributed by atoms with van der Waals surface area (Å²) in [7, 11) is 1.68. The lowest BCUT2D eigenvalue weighted by Crippen LogP contribution is -2.03. The number of aromatic nitrogens is 4. The maximum atomic E-state index is 4.88. The van der Waals surface area contributed by atoms with Crippen molar-refractivity contribution in [1.82, 2.24) is 20.0 Å². The third-order valence-electron chi connectivity index (χ3n) is 1.60. The molecule has 0 aromatic carbocycles. The van der Waals surface area contributed by atoms with Gasteiger partial charge in [0.05, 0.1) is 13.2 Å². The van der Waals surface area contributed by atoms with Gasteiger partial charge < -0.3 is 4.74 Å². The lowest BCUT2D eigenvalue weighted by Gasteiger charge is -1.97. The number of methoxy groups -OCH3 is 1. The number of nitrogens with one attached hydrogen (secondary N) is 1. The highest BCUT2D eigenvalue weighted by atomic mass is 79.9. The molecule has 0 amide bonds. The maximum Gasteiger partial charge on any atom is 0.128 e. The summed E-state index contributed by atoms with van der Waals surface area (Å²) in [5.41, 5.74) is 0. The number of nitrogens with zero attached hydrogens (tertiary/aromatic N) is 3. The number of ether oxygens (including phenoxy) is 1. The van der Waals surface area contributed by atoms with Crippen molar-refractivity contribution in [2.45, 2.75) is 6.54 Å². The monoisotopic (exact) mass is 350 g/mol. The molecule has 0 bridgehead atoms. The lowest BCUT2D eigenvalue weighted by molar-refractivity contribution is 0.183. The Kier molecular flexibility index (Phi) is 6.36. The normalized spacial score (nSPS) is 9.69. The standard InChI is InChI=1S/C6H9BrN2O.C3H3BrN2/c1-10-5-4-9-3-2-6(7)8-9;4-3-1-2-5-6-3/h2-3H,4-5H2,1H3;1-2H,(H,5,6). The van der Waals surface area contributed by atoms with Crippen molar-refractivity contribution in [2.24, 2.45) is 0 Å². The van der Waals surface area contributed by atoms with Gasteiger partial charge in [0.25, 0.3) is 0 Å². The van der Waals surface area contributed by atoms with E-state index in [2.05, 4.69) is 47.2 Å². The van der Waals surface area contributed by atoms with Crippen LogP contribution in [0.15, 0.2) is 33.7 Å². The van der Waals surface area contributed by atoms with Crippen LogP contribution >= 0.6 is 31.9 Å². The average molecular weight is 352 g/mol. The predicted molar refractivity (Wildman–Crippen MR) is 68.1 cm³/mol. The number of hydrogen-bond donors (Lipinski definition) is 1. The van der Waals surface area contributed by atoms with E-state index in [9.17, 15) is 0 Å². The molecule has 0 atom stereocenters. The molecule has 16 heavy (non-hydrogen) atoms. The molecule has 0 fully saturated rings. The van der Waals surface area contributed by atoms with Gasteiger partial charge in [0, 0.05) is 19.5 Å². The van der Waals surface area contributed by atoms with Crippen LogP contribution in [0, 0.1) is 0 Å². The third-order valence-corrected chi connectivity index (χ3v) is 2.46. The smallest absolute Gasteiger partial charge is 0.128 e. The Bertz CT molecular complexity index is 388. The summed E-state index contributed by atoms with van der Waals surface area (Å²) >= 11 is 6.41. The summed E-state index contributed by atoms with van der Waals surface area (Å²) in [6, 6.07) is 3.73. The van der Waals surface area contributed by atoms with Crippen LogP contribution < -0.4 is 0 Å². The summed E-state index contributed by atoms with van der Waals surface area (Å²) in [5.74, 6) is 0. The highest BCUT2D eigenvalue weighted by molar-refractivity contribution is 9.10. The van der Waals surface area contributed by atoms with E-state index < -0.39 is 0 Å². The first kappa shape index (κ1) is 13.4. The summed E-state index contributed by atoms with van der Waals surface area (Å²) < 4.78 is 8.49. The molecule has 0 unspecified atom stereocenters. The fraction of sp³-hybridized carbons (Fsp3) is 0.333. The molecule has 2 heterocycles. The van der Waals surface area contributed by atoms with Crippen LogP contribution in [0.3, 0.4) is 0 Å². The van der Waals surface area contributed by atoms with Crippen LogP contribution in [0.4, 0.5) is 0 Å². The molecule has 0 aliphatic heterocycles. The summed E-state index contributed by atoms with van der Waals surface area (Å²) in [6.45, 7) is 1.51. The highest BCUT2D eigenvalue weighted by Gasteiger charge is 1.92. The lowest BCUT2D eigenvalue weighted by atomic mass is 10.7. The van der Waals surface area contributed by atoms with Gasteiger partial charge in [-0.1, -0.05) is 0 Å². The molecular weight excluding hydrogens is 340 g/mol. The molecule has 2 rings (SSSR count). The summed E-state index contributed by atoms with van der Waals surface area (Å²) in [4.78, 5) is 0. The Morgan fingerprint density at radius 3 is 2.62 bits per heavy atom. The second kappa shape index (κ2) is 7.59. The minimum absolute atomic E-state index is 0.702. The molecule has 7 heteroatoms. The molecule has 88 valence electrons. The Morgan fingerprint density at radius 1 is 1.44 bits per heavy atom. The van der Waals surface area contributed by atoms with Crippen LogP contribution in [0.1, 0.15) is 0 Å². The zero-order valence-corrected chi connectivity index (χ0v) is 11.9. The van der Waals surface area contributed by atoms with E-state index in [1.165, 1.54) is 0 Å². The molecule has 1 N–H and O–H groups in total. The van der Waals surface area contributed by atoms with Crippen LogP contribution in [-0.2, 0) is 11.3 Å². The first-order chi connectivity index (χ1) is 7.72. The van der Waals surface area contributed by atoms with E-state index in [0.29, 0.717) is 6.61 Å². The Morgan fingerprint density at radius 2 is 2.25 bits per heavy atom. The minimum atomic E-state index is 0.702. The highest BCUT2D eigenvalue weighted by Crippen LogP contribution is 2.03. The first-order valence-corrected chi connectivity index (χ1v) is 6.13. The van der Waals surface area contributed by atoms with Gasteiger partial charge in [-0.05, 0) is 44.0 Å². The van der Waals surface area contributed by atoms with Gasteiger partial charge in [0.15, 0.2) is 0 Å². The van der Waals surface area contributed by atoms with Gasteiger partial charge in [-0.15, -0.1) is 0 Å². The number of H-pyrrole nitrogens is 1. The van der Waals surface area contributed by atoms with E-state index >= 15 is 0 Å². The number of hydrogen-bond acceptors (Lipinski definition) is 3. The summed E-state index contributed by atoms with van der Waals surface area (Å²) in [6.07, 6.45) is 3.59. The molecule has 0 saturated heterocycles. The van der Waals surface area contributed by atoms with Crippen molar-refractivity contribution in [3.63, 3.8) is 0 Å². The van der Waals surface area contributed by atoms with E-state index in [4.69, 9.17) is 4.74 Å². The van der Waals surface area contributed by atoms with Crippen LogP contribution in [-0.4, -0.2) is 33.7 Å². The third kappa shape index (κ3) is 5.43. The van der Waals surface area contributed by atoms with E-state index in [1.807, 2.05) is 23.0 Å². The molecule has 2 aromatic rings. The fourth-order valence-electron chi connectivity index (χ4n) is 0.885. The molecule has 0 radical (unpaired) electrons. The van der Waals surface area contributed by atoms with Crippen LogP contribution in [0.2, 0.25) is 0 Å². The summed E-state index contributed by atoms with van der Waals surface area (Å²) in [5, 5.41) is 10.4. The molecule has 2 aromatic heterocycles. The van der Waals surface area contributed by atoms with Gasteiger partial charge in [-0.3, -0.25) is 9.78 Å².